The molecule has 0 saturated heterocycles. The molecule has 32 heavy (non-hydrogen) atoms. The van der Waals surface area contributed by atoms with Crippen LogP contribution in [0.25, 0.3) is 0 Å². The van der Waals surface area contributed by atoms with Gasteiger partial charge >= 0.3 is 0 Å². The van der Waals surface area contributed by atoms with E-state index in [1.54, 1.807) is 21.3 Å². The van der Waals surface area contributed by atoms with E-state index in [0.717, 1.165) is 42.7 Å². The van der Waals surface area contributed by atoms with Gasteiger partial charge in [-0.25, -0.2) is 0 Å². The van der Waals surface area contributed by atoms with E-state index in [-0.39, 0.29) is 6.04 Å². The Bertz CT molecular complexity index is 853. The molecule has 0 radical (unpaired) electrons. The molecule has 176 valence electrons. The van der Waals surface area contributed by atoms with Crippen LogP contribution >= 0.6 is 0 Å². The van der Waals surface area contributed by atoms with Crippen molar-refractivity contribution in [2.45, 2.75) is 19.4 Å². The predicted octanol–water partition coefficient (Wildman–Crippen LogP) is 3.46. The molecule has 1 N–H and O–H groups in total. The zero-order valence-electron chi connectivity index (χ0n) is 20.5. The minimum Gasteiger partial charge on any atom is -0.497 e. The van der Waals surface area contributed by atoms with Gasteiger partial charge in [-0.2, -0.15) is 0 Å². The number of likely N-dealkylation sites (N-methyl/N-ethyl adjacent to an activating group) is 2. The topological polar surface area (TPSA) is 58.6 Å². The zero-order valence-corrected chi connectivity index (χ0v) is 20.5. The first-order chi connectivity index (χ1) is 15.4. The Morgan fingerprint density at radius 2 is 1.62 bits per heavy atom. The lowest BCUT2D eigenvalue weighted by molar-refractivity contribution is 0.305. The number of hydrogen-bond acceptors (Lipinski definition) is 5. The summed E-state index contributed by atoms with van der Waals surface area (Å²) in [6.45, 7) is 4.39. The molecule has 1 unspecified atom stereocenters. The molecule has 0 aliphatic heterocycles. The lowest BCUT2D eigenvalue weighted by atomic mass is 10.1. The fourth-order valence-electron chi connectivity index (χ4n) is 3.47. The molecule has 0 aliphatic carbocycles. The van der Waals surface area contributed by atoms with Crippen LogP contribution in [-0.4, -0.2) is 77.9 Å². The summed E-state index contributed by atoms with van der Waals surface area (Å²) in [6.07, 6.45) is 0.872. The van der Waals surface area contributed by atoms with Crippen molar-refractivity contribution >= 4 is 5.96 Å². The van der Waals surface area contributed by atoms with Crippen LogP contribution in [0.3, 0.4) is 0 Å². The van der Waals surface area contributed by atoms with E-state index >= 15 is 0 Å². The number of aliphatic imine (C=N–C) groups is 1. The van der Waals surface area contributed by atoms with Gasteiger partial charge in [0.1, 0.15) is 5.75 Å². The second-order valence-corrected chi connectivity index (χ2v) is 7.81. The van der Waals surface area contributed by atoms with Crippen molar-refractivity contribution in [1.82, 2.24) is 15.1 Å². The van der Waals surface area contributed by atoms with Crippen LogP contribution in [0.2, 0.25) is 0 Å². The fourth-order valence-corrected chi connectivity index (χ4v) is 3.47. The Morgan fingerprint density at radius 1 is 0.938 bits per heavy atom. The van der Waals surface area contributed by atoms with E-state index in [0.29, 0.717) is 6.54 Å². The lowest BCUT2D eigenvalue weighted by Crippen LogP contribution is -2.40. The van der Waals surface area contributed by atoms with Crippen molar-refractivity contribution in [2.24, 2.45) is 4.99 Å². The van der Waals surface area contributed by atoms with Gasteiger partial charge in [0.2, 0.25) is 0 Å². The molecule has 0 aromatic heterocycles. The van der Waals surface area contributed by atoms with Crippen LogP contribution in [0.1, 0.15) is 24.1 Å². The molecule has 0 amide bonds. The van der Waals surface area contributed by atoms with E-state index in [2.05, 4.69) is 61.4 Å². The highest BCUT2D eigenvalue weighted by Gasteiger charge is 2.15. The van der Waals surface area contributed by atoms with Crippen molar-refractivity contribution in [3.8, 4) is 17.2 Å². The SMILES string of the molecule is CCNC(=NCC(c1ccc(OC)cc1)N(C)C)N(C)CCc1ccc(OC)c(OC)c1. The molecule has 1 atom stereocenters. The number of rotatable bonds is 11. The van der Waals surface area contributed by atoms with Crippen molar-refractivity contribution in [2.75, 3.05) is 62.1 Å². The lowest BCUT2D eigenvalue weighted by Gasteiger charge is -2.26. The van der Waals surface area contributed by atoms with Gasteiger partial charge in [-0.3, -0.25) is 4.99 Å². The van der Waals surface area contributed by atoms with E-state index in [4.69, 9.17) is 19.2 Å². The average molecular weight is 443 g/mol. The number of nitrogens with zero attached hydrogens (tertiary/aromatic N) is 3. The second kappa shape index (κ2) is 12.8. The highest BCUT2D eigenvalue weighted by atomic mass is 16.5. The number of methoxy groups -OCH3 is 3. The maximum absolute atomic E-state index is 5.43. The third kappa shape index (κ3) is 7.05. The van der Waals surface area contributed by atoms with Crippen LogP contribution in [0.15, 0.2) is 47.5 Å². The van der Waals surface area contributed by atoms with Crippen LogP contribution < -0.4 is 19.5 Å². The number of hydrogen-bond donors (Lipinski definition) is 1. The second-order valence-electron chi connectivity index (χ2n) is 7.81. The van der Waals surface area contributed by atoms with Gasteiger partial charge in [-0.05, 0) is 62.8 Å². The number of benzene rings is 2. The first-order valence-corrected chi connectivity index (χ1v) is 10.9. The number of ether oxygens (including phenoxy) is 3. The normalized spacial score (nSPS) is 12.4. The van der Waals surface area contributed by atoms with Gasteiger partial charge in [-0.1, -0.05) is 18.2 Å². The van der Waals surface area contributed by atoms with Crippen LogP contribution in [0.5, 0.6) is 17.2 Å². The van der Waals surface area contributed by atoms with E-state index in [1.807, 2.05) is 24.3 Å². The van der Waals surface area contributed by atoms with Crippen molar-refractivity contribution < 1.29 is 14.2 Å². The van der Waals surface area contributed by atoms with Crippen LogP contribution in [0, 0.1) is 0 Å². The molecule has 7 nitrogen and oxygen atoms in total. The molecule has 2 aromatic carbocycles. The van der Waals surface area contributed by atoms with Crippen molar-refractivity contribution in [1.29, 1.82) is 0 Å². The van der Waals surface area contributed by atoms with Gasteiger partial charge in [0.25, 0.3) is 0 Å². The quantitative estimate of drug-likeness (QED) is 0.425. The zero-order chi connectivity index (χ0) is 23.5. The third-order valence-electron chi connectivity index (χ3n) is 5.42. The molecule has 2 aromatic rings. The van der Waals surface area contributed by atoms with Crippen molar-refractivity contribution in [3.63, 3.8) is 0 Å². The monoisotopic (exact) mass is 442 g/mol. The Kier molecular flexibility index (Phi) is 10.1. The summed E-state index contributed by atoms with van der Waals surface area (Å²) < 4.78 is 16.1. The van der Waals surface area contributed by atoms with E-state index in [9.17, 15) is 0 Å². The molecular formula is C25H38N4O3. The summed E-state index contributed by atoms with van der Waals surface area (Å²) in [5.41, 5.74) is 2.40. The van der Waals surface area contributed by atoms with Gasteiger partial charge in [0, 0.05) is 20.1 Å². The molecule has 7 heteroatoms. The van der Waals surface area contributed by atoms with Crippen LogP contribution in [0.4, 0.5) is 0 Å². The molecule has 0 heterocycles. The summed E-state index contributed by atoms with van der Waals surface area (Å²) >= 11 is 0. The highest BCUT2D eigenvalue weighted by Crippen LogP contribution is 2.27. The van der Waals surface area contributed by atoms with E-state index < -0.39 is 0 Å². The summed E-state index contributed by atoms with van der Waals surface area (Å²) in [5, 5.41) is 3.42. The summed E-state index contributed by atoms with van der Waals surface area (Å²) in [7, 11) is 11.2. The molecule has 0 saturated carbocycles. The standard InChI is InChI=1S/C25H38N4O3/c1-8-26-25(27-18-22(28(2)3)20-10-12-21(30-5)13-11-20)29(4)16-15-19-9-14-23(31-6)24(17-19)32-7/h9-14,17,22H,8,15-16,18H2,1-7H3,(H,26,27). The number of nitrogens with one attached hydrogen (secondary N) is 1. The van der Waals surface area contributed by atoms with E-state index in [1.165, 1.54) is 11.1 Å². The first kappa shape index (κ1) is 25.3. The van der Waals surface area contributed by atoms with Gasteiger partial charge in [-0.15, -0.1) is 0 Å². The van der Waals surface area contributed by atoms with Gasteiger partial charge in [0.05, 0.1) is 33.9 Å². The Balaban J connectivity index is 2.09. The van der Waals surface area contributed by atoms with Crippen molar-refractivity contribution in [3.05, 3.63) is 53.6 Å². The molecule has 0 bridgehead atoms. The minimum atomic E-state index is 0.175. The fraction of sp³-hybridized carbons (Fsp3) is 0.480. The summed E-state index contributed by atoms with van der Waals surface area (Å²) in [5.74, 6) is 3.25. The molecular weight excluding hydrogens is 404 g/mol. The van der Waals surface area contributed by atoms with Gasteiger partial charge in [0.15, 0.2) is 17.5 Å². The molecule has 2 rings (SSSR count). The maximum atomic E-state index is 5.43. The van der Waals surface area contributed by atoms with Gasteiger partial charge < -0.3 is 29.3 Å². The Labute approximate surface area is 193 Å². The predicted molar refractivity (Wildman–Crippen MR) is 131 cm³/mol. The molecule has 0 fully saturated rings. The largest absolute Gasteiger partial charge is 0.497 e. The molecule has 0 aliphatic rings. The highest BCUT2D eigenvalue weighted by molar-refractivity contribution is 5.79. The maximum Gasteiger partial charge on any atom is 0.193 e. The first-order valence-electron chi connectivity index (χ1n) is 10.9. The third-order valence-corrected chi connectivity index (χ3v) is 5.42. The number of guanidine groups is 1. The average Bonchev–Trinajstić information content (AvgIpc) is 2.81. The van der Waals surface area contributed by atoms with Crippen LogP contribution in [-0.2, 0) is 6.42 Å². The smallest absolute Gasteiger partial charge is 0.193 e. The Morgan fingerprint density at radius 3 is 2.19 bits per heavy atom. The minimum absolute atomic E-state index is 0.175. The molecule has 0 spiro atoms. The summed E-state index contributed by atoms with van der Waals surface area (Å²) in [4.78, 5) is 9.30. The summed E-state index contributed by atoms with van der Waals surface area (Å²) in [6, 6.07) is 14.4. The Hall–Kier alpha value is -2.93.